The Morgan fingerprint density at radius 1 is 1.25 bits per heavy atom. The Morgan fingerprint density at radius 2 is 2.05 bits per heavy atom. The molecule has 0 saturated carbocycles. The van der Waals surface area contributed by atoms with Gasteiger partial charge in [0.25, 0.3) is 0 Å². The summed E-state index contributed by atoms with van der Waals surface area (Å²) in [5.74, 6) is 0. The molecular weight excluding hydrogens is 250 g/mol. The SMILES string of the molecule is CCCN(CCN1CCOCC1)Cc1cccc(N)c1. The molecule has 0 unspecified atom stereocenters. The second kappa shape index (κ2) is 8.25. The number of nitrogens with two attached hydrogens (primary N) is 1. The fraction of sp³-hybridized carbons (Fsp3) is 0.625. The quantitative estimate of drug-likeness (QED) is 0.772. The van der Waals surface area contributed by atoms with E-state index in [1.54, 1.807) is 0 Å². The molecule has 4 nitrogen and oxygen atoms in total. The first-order chi connectivity index (χ1) is 9.78. The van der Waals surface area contributed by atoms with Crippen LogP contribution in [0.15, 0.2) is 24.3 Å². The Bertz CT molecular complexity index is 391. The summed E-state index contributed by atoms with van der Waals surface area (Å²) in [5, 5.41) is 0. The molecule has 1 aromatic carbocycles. The van der Waals surface area contributed by atoms with Crippen LogP contribution in [0, 0.1) is 0 Å². The monoisotopic (exact) mass is 277 g/mol. The van der Waals surface area contributed by atoms with E-state index in [1.165, 1.54) is 12.0 Å². The van der Waals surface area contributed by atoms with Gasteiger partial charge in [0, 0.05) is 38.4 Å². The predicted molar refractivity (Wildman–Crippen MR) is 83.7 cm³/mol. The van der Waals surface area contributed by atoms with E-state index in [0.717, 1.165) is 58.2 Å². The number of hydrogen-bond acceptors (Lipinski definition) is 4. The standard InChI is InChI=1S/C16H27N3O/c1-2-6-19(8-7-18-9-11-20-12-10-18)14-15-4-3-5-16(17)13-15/h3-5,13H,2,6-12,14,17H2,1H3. The van der Waals surface area contributed by atoms with Gasteiger partial charge in [0.2, 0.25) is 0 Å². The van der Waals surface area contributed by atoms with Gasteiger partial charge in [-0.25, -0.2) is 0 Å². The van der Waals surface area contributed by atoms with Gasteiger partial charge in [-0.15, -0.1) is 0 Å². The van der Waals surface area contributed by atoms with E-state index >= 15 is 0 Å². The van der Waals surface area contributed by atoms with E-state index in [0.29, 0.717) is 0 Å². The van der Waals surface area contributed by atoms with Crippen molar-refractivity contribution in [1.82, 2.24) is 9.80 Å². The normalized spacial score (nSPS) is 16.7. The molecule has 20 heavy (non-hydrogen) atoms. The maximum Gasteiger partial charge on any atom is 0.0594 e. The summed E-state index contributed by atoms with van der Waals surface area (Å²) >= 11 is 0. The Morgan fingerprint density at radius 3 is 2.75 bits per heavy atom. The third kappa shape index (κ3) is 5.12. The molecule has 0 bridgehead atoms. The molecule has 0 aromatic heterocycles. The lowest BCUT2D eigenvalue weighted by molar-refractivity contribution is 0.0329. The summed E-state index contributed by atoms with van der Waals surface area (Å²) in [5.41, 5.74) is 8.02. The summed E-state index contributed by atoms with van der Waals surface area (Å²) in [4.78, 5) is 5.01. The van der Waals surface area contributed by atoms with Gasteiger partial charge in [0.15, 0.2) is 0 Å². The largest absolute Gasteiger partial charge is 0.399 e. The van der Waals surface area contributed by atoms with Gasteiger partial charge in [-0.05, 0) is 30.7 Å². The smallest absolute Gasteiger partial charge is 0.0594 e. The maximum atomic E-state index is 5.86. The molecule has 1 aliphatic heterocycles. The van der Waals surface area contributed by atoms with Crippen molar-refractivity contribution in [3.8, 4) is 0 Å². The van der Waals surface area contributed by atoms with E-state index < -0.39 is 0 Å². The molecule has 0 atom stereocenters. The maximum absolute atomic E-state index is 5.86. The molecule has 0 aliphatic carbocycles. The fourth-order valence-electron chi connectivity index (χ4n) is 2.64. The highest BCUT2D eigenvalue weighted by Gasteiger charge is 2.12. The van der Waals surface area contributed by atoms with Gasteiger partial charge >= 0.3 is 0 Å². The number of benzene rings is 1. The number of nitrogens with zero attached hydrogens (tertiary/aromatic N) is 2. The number of morpholine rings is 1. The lowest BCUT2D eigenvalue weighted by Crippen LogP contribution is -2.41. The molecule has 1 heterocycles. The summed E-state index contributed by atoms with van der Waals surface area (Å²) in [6.07, 6.45) is 1.19. The van der Waals surface area contributed by atoms with Crippen LogP contribution in [0.1, 0.15) is 18.9 Å². The lowest BCUT2D eigenvalue weighted by Gasteiger charge is -2.30. The molecule has 4 heteroatoms. The fourth-order valence-corrected chi connectivity index (χ4v) is 2.64. The highest BCUT2D eigenvalue weighted by atomic mass is 16.5. The molecule has 2 rings (SSSR count). The molecule has 1 saturated heterocycles. The molecule has 1 aromatic rings. The number of hydrogen-bond donors (Lipinski definition) is 1. The van der Waals surface area contributed by atoms with Crippen LogP contribution in [-0.2, 0) is 11.3 Å². The molecule has 0 spiro atoms. The number of nitrogen functional groups attached to an aromatic ring is 1. The topological polar surface area (TPSA) is 41.7 Å². The second-order valence-electron chi connectivity index (χ2n) is 5.48. The average Bonchev–Trinajstić information content (AvgIpc) is 2.46. The first kappa shape index (κ1) is 15.3. The summed E-state index contributed by atoms with van der Waals surface area (Å²) < 4.78 is 5.39. The Balaban J connectivity index is 1.82. The van der Waals surface area contributed by atoms with Gasteiger partial charge in [-0.2, -0.15) is 0 Å². The van der Waals surface area contributed by atoms with Gasteiger partial charge < -0.3 is 10.5 Å². The van der Waals surface area contributed by atoms with Crippen molar-refractivity contribution in [3.05, 3.63) is 29.8 Å². The molecule has 2 N–H and O–H groups in total. The van der Waals surface area contributed by atoms with Gasteiger partial charge in [0.05, 0.1) is 13.2 Å². The summed E-state index contributed by atoms with van der Waals surface area (Å²) in [7, 11) is 0. The number of ether oxygens (including phenoxy) is 1. The van der Waals surface area contributed by atoms with Crippen LogP contribution in [0.25, 0.3) is 0 Å². The van der Waals surface area contributed by atoms with E-state index in [4.69, 9.17) is 10.5 Å². The molecule has 0 radical (unpaired) electrons. The Hall–Kier alpha value is -1.10. The minimum atomic E-state index is 0.854. The van der Waals surface area contributed by atoms with Crippen LogP contribution < -0.4 is 5.73 Å². The molecule has 112 valence electrons. The number of rotatable bonds is 7. The van der Waals surface area contributed by atoms with Crippen LogP contribution in [0.5, 0.6) is 0 Å². The van der Waals surface area contributed by atoms with Crippen molar-refractivity contribution in [2.24, 2.45) is 0 Å². The van der Waals surface area contributed by atoms with E-state index in [-0.39, 0.29) is 0 Å². The highest BCUT2D eigenvalue weighted by molar-refractivity contribution is 5.40. The van der Waals surface area contributed by atoms with Gasteiger partial charge in [-0.1, -0.05) is 19.1 Å². The average molecular weight is 277 g/mol. The first-order valence-electron chi connectivity index (χ1n) is 7.65. The highest BCUT2D eigenvalue weighted by Crippen LogP contribution is 2.10. The van der Waals surface area contributed by atoms with Crippen LogP contribution in [0.3, 0.4) is 0 Å². The van der Waals surface area contributed by atoms with Crippen LogP contribution in [-0.4, -0.2) is 55.7 Å². The Labute approximate surface area is 122 Å². The first-order valence-corrected chi connectivity index (χ1v) is 7.65. The van der Waals surface area contributed by atoms with E-state index in [2.05, 4.69) is 28.9 Å². The zero-order chi connectivity index (χ0) is 14.2. The van der Waals surface area contributed by atoms with Crippen molar-refractivity contribution in [2.45, 2.75) is 19.9 Å². The second-order valence-corrected chi connectivity index (χ2v) is 5.48. The molecule has 1 fully saturated rings. The van der Waals surface area contributed by atoms with E-state index in [9.17, 15) is 0 Å². The van der Waals surface area contributed by atoms with Crippen molar-refractivity contribution < 1.29 is 4.74 Å². The van der Waals surface area contributed by atoms with Crippen LogP contribution >= 0.6 is 0 Å². The van der Waals surface area contributed by atoms with Crippen LogP contribution in [0.2, 0.25) is 0 Å². The summed E-state index contributed by atoms with van der Waals surface area (Å²) in [6, 6.07) is 8.23. The van der Waals surface area contributed by atoms with Crippen molar-refractivity contribution >= 4 is 5.69 Å². The number of anilines is 1. The molecular formula is C16H27N3O. The van der Waals surface area contributed by atoms with Gasteiger partial charge in [-0.3, -0.25) is 9.80 Å². The summed E-state index contributed by atoms with van der Waals surface area (Å²) in [6.45, 7) is 10.5. The van der Waals surface area contributed by atoms with Crippen molar-refractivity contribution in [2.75, 3.05) is 51.7 Å². The minimum Gasteiger partial charge on any atom is -0.399 e. The van der Waals surface area contributed by atoms with E-state index in [1.807, 2.05) is 12.1 Å². The zero-order valence-electron chi connectivity index (χ0n) is 12.6. The Kier molecular flexibility index (Phi) is 6.30. The third-order valence-electron chi connectivity index (χ3n) is 3.73. The van der Waals surface area contributed by atoms with Gasteiger partial charge in [0.1, 0.15) is 0 Å². The lowest BCUT2D eigenvalue weighted by atomic mass is 10.2. The molecule has 0 amide bonds. The molecule has 1 aliphatic rings. The zero-order valence-corrected chi connectivity index (χ0v) is 12.6. The van der Waals surface area contributed by atoms with Crippen molar-refractivity contribution in [1.29, 1.82) is 0 Å². The predicted octanol–water partition coefficient (Wildman–Crippen LogP) is 1.81. The third-order valence-corrected chi connectivity index (χ3v) is 3.73. The van der Waals surface area contributed by atoms with Crippen LogP contribution in [0.4, 0.5) is 5.69 Å². The van der Waals surface area contributed by atoms with Crippen molar-refractivity contribution in [3.63, 3.8) is 0 Å². The minimum absolute atomic E-state index is 0.854.